The lowest BCUT2D eigenvalue weighted by Gasteiger charge is -2.27. The Morgan fingerprint density at radius 3 is 2.54 bits per heavy atom. The third kappa shape index (κ3) is 2.76. The van der Waals surface area contributed by atoms with Gasteiger partial charge in [-0.25, -0.2) is 9.37 Å². The van der Waals surface area contributed by atoms with Gasteiger partial charge in [0.15, 0.2) is 11.6 Å². The molecule has 0 amide bonds. The Balaban J connectivity index is 1.74. The molecule has 0 radical (unpaired) electrons. The topological polar surface area (TPSA) is 58.5 Å². The van der Waals surface area contributed by atoms with Crippen molar-refractivity contribution in [3.63, 3.8) is 0 Å². The second-order valence-corrected chi connectivity index (χ2v) is 5.70. The molecule has 1 saturated heterocycles. The molecule has 0 spiro atoms. The van der Waals surface area contributed by atoms with Crippen LogP contribution in [0.5, 0.6) is 5.75 Å². The highest BCUT2D eigenvalue weighted by Crippen LogP contribution is 2.28. The zero-order chi connectivity index (χ0) is 16.5. The number of benzene rings is 2. The van der Waals surface area contributed by atoms with Crippen molar-refractivity contribution in [2.45, 2.75) is 0 Å². The Hall–Kier alpha value is -2.73. The average Bonchev–Trinajstić information content (AvgIpc) is 2.64. The van der Waals surface area contributed by atoms with Crippen LogP contribution in [0.4, 0.5) is 10.2 Å². The second-order valence-electron chi connectivity index (χ2n) is 5.70. The summed E-state index contributed by atoms with van der Waals surface area (Å²) in [6, 6.07) is 9.97. The van der Waals surface area contributed by atoms with E-state index in [4.69, 9.17) is 9.72 Å². The summed E-state index contributed by atoms with van der Waals surface area (Å²) in [5, 5.41) is 9.57. The van der Waals surface area contributed by atoms with Gasteiger partial charge in [-0.3, -0.25) is 4.98 Å². The lowest BCUT2D eigenvalue weighted by Crippen LogP contribution is -2.36. The minimum absolute atomic E-state index is 0.360. The zero-order valence-corrected chi connectivity index (χ0v) is 12.9. The van der Waals surface area contributed by atoms with Gasteiger partial charge < -0.3 is 14.7 Å². The van der Waals surface area contributed by atoms with Gasteiger partial charge in [-0.05, 0) is 35.4 Å². The number of aromatic hydroxyl groups is 1. The minimum Gasteiger partial charge on any atom is -0.505 e. The van der Waals surface area contributed by atoms with Gasteiger partial charge in [-0.2, -0.15) is 0 Å². The number of morpholine rings is 1. The zero-order valence-electron chi connectivity index (χ0n) is 12.9. The van der Waals surface area contributed by atoms with Crippen LogP contribution in [0.3, 0.4) is 0 Å². The molecule has 0 bridgehead atoms. The molecule has 1 N–H and O–H groups in total. The van der Waals surface area contributed by atoms with E-state index in [1.807, 2.05) is 18.2 Å². The number of nitrogens with zero attached hydrogens (tertiary/aromatic N) is 3. The Labute approximate surface area is 138 Å². The number of aromatic nitrogens is 2. The van der Waals surface area contributed by atoms with E-state index in [-0.39, 0.29) is 5.75 Å². The summed E-state index contributed by atoms with van der Waals surface area (Å²) in [6.07, 6.45) is 1.77. The standard InChI is InChI=1S/C18H16FN3O2/c19-14-3-1-13(10-17(14)23)12-2-4-15-16(9-12)21-18(11-20-15)22-5-7-24-8-6-22/h1-4,9-11,23H,5-8H2. The monoisotopic (exact) mass is 325 g/mol. The molecule has 0 atom stereocenters. The third-order valence-electron chi connectivity index (χ3n) is 4.14. The van der Waals surface area contributed by atoms with Gasteiger partial charge in [0.25, 0.3) is 0 Å². The first-order valence-corrected chi connectivity index (χ1v) is 7.79. The Morgan fingerprint density at radius 2 is 1.75 bits per heavy atom. The van der Waals surface area contributed by atoms with Gasteiger partial charge in [0, 0.05) is 13.1 Å². The summed E-state index contributed by atoms with van der Waals surface area (Å²) in [6.45, 7) is 2.97. The van der Waals surface area contributed by atoms with Crippen molar-refractivity contribution in [3.05, 3.63) is 48.4 Å². The van der Waals surface area contributed by atoms with Gasteiger partial charge in [-0.1, -0.05) is 12.1 Å². The Morgan fingerprint density at radius 1 is 1.00 bits per heavy atom. The van der Waals surface area contributed by atoms with E-state index >= 15 is 0 Å². The molecular weight excluding hydrogens is 309 g/mol. The molecule has 1 fully saturated rings. The van der Waals surface area contributed by atoms with Gasteiger partial charge in [0.05, 0.1) is 30.4 Å². The van der Waals surface area contributed by atoms with Crippen LogP contribution in [-0.4, -0.2) is 41.4 Å². The van der Waals surface area contributed by atoms with E-state index in [1.165, 1.54) is 12.1 Å². The fourth-order valence-electron chi connectivity index (χ4n) is 2.82. The van der Waals surface area contributed by atoms with E-state index in [0.717, 1.165) is 41.1 Å². The number of phenolic OH excluding ortho intramolecular Hbond substituents is 1. The molecule has 0 saturated carbocycles. The largest absolute Gasteiger partial charge is 0.505 e. The molecule has 3 aromatic rings. The number of hydrogen-bond acceptors (Lipinski definition) is 5. The molecule has 0 aliphatic carbocycles. The van der Waals surface area contributed by atoms with E-state index < -0.39 is 5.82 Å². The molecule has 2 aromatic carbocycles. The van der Waals surface area contributed by atoms with Crippen LogP contribution in [-0.2, 0) is 4.74 Å². The second kappa shape index (κ2) is 6.05. The summed E-state index contributed by atoms with van der Waals surface area (Å²) in [4.78, 5) is 11.3. The number of hydrogen-bond donors (Lipinski definition) is 1. The van der Waals surface area contributed by atoms with Gasteiger partial charge >= 0.3 is 0 Å². The fourth-order valence-corrected chi connectivity index (χ4v) is 2.82. The molecule has 24 heavy (non-hydrogen) atoms. The maximum Gasteiger partial charge on any atom is 0.164 e. The minimum atomic E-state index is -0.631. The van der Waals surface area contributed by atoms with Crippen molar-refractivity contribution in [2.24, 2.45) is 0 Å². The van der Waals surface area contributed by atoms with Crippen molar-refractivity contribution in [3.8, 4) is 16.9 Å². The average molecular weight is 325 g/mol. The van der Waals surface area contributed by atoms with E-state index in [9.17, 15) is 9.50 Å². The molecule has 6 heteroatoms. The number of anilines is 1. The molecule has 5 nitrogen and oxygen atoms in total. The summed E-state index contributed by atoms with van der Waals surface area (Å²) >= 11 is 0. The van der Waals surface area contributed by atoms with Crippen molar-refractivity contribution in [2.75, 3.05) is 31.2 Å². The van der Waals surface area contributed by atoms with Gasteiger partial charge in [-0.15, -0.1) is 0 Å². The molecule has 1 aliphatic rings. The number of rotatable bonds is 2. The van der Waals surface area contributed by atoms with Gasteiger partial charge in [0.2, 0.25) is 0 Å². The van der Waals surface area contributed by atoms with E-state index in [1.54, 1.807) is 12.3 Å². The molecule has 122 valence electrons. The maximum absolute atomic E-state index is 13.2. The normalized spacial score (nSPS) is 15.0. The Kier molecular flexibility index (Phi) is 3.74. The van der Waals surface area contributed by atoms with E-state index in [2.05, 4.69) is 9.88 Å². The highest BCUT2D eigenvalue weighted by Gasteiger charge is 2.13. The predicted octanol–water partition coefficient (Wildman–Crippen LogP) is 2.98. The van der Waals surface area contributed by atoms with Crippen molar-refractivity contribution in [1.82, 2.24) is 9.97 Å². The SMILES string of the molecule is Oc1cc(-c2ccc3ncc(N4CCOCC4)nc3c2)ccc1F. The van der Waals surface area contributed by atoms with Crippen molar-refractivity contribution >= 4 is 16.9 Å². The molecule has 4 rings (SSSR count). The first kappa shape index (κ1) is 14.8. The van der Waals surface area contributed by atoms with Crippen LogP contribution in [0.15, 0.2) is 42.6 Å². The lowest BCUT2D eigenvalue weighted by atomic mass is 10.0. The molecular formula is C18H16FN3O2. The first-order valence-electron chi connectivity index (χ1n) is 7.79. The number of halogens is 1. The molecule has 0 unspecified atom stereocenters. The van der Waals surface area contributed by atoms with Crippen LogP contribution in [0, 0.1) is 5.82 Å². The van der Waals surface area contributed by atoms with Crippen molar-refractivity contribution < 1.29 is 14.2 Å². The summed E-state index contributed by atoms with van der Waals surface area (Å²) in [5.41, 5.74) is 3.14. The maximum atomic E-state index is 13.2. The van der Waals surface area contributed by atoms with Crippen LogP contribution >= 0.6 is 0 Å². The molecule has 1 aliphatic heterocycles. The van der Waals surface area contributed by atoms with E-state index in [0.29, 0.717) is 13.2 Å². The first-order chi connectivity index (χ1) is 11.7. The van der Waals surface area contributed by atoms with Crippen LogP contribution in [0.25, 0.3) is 22.2 Å². The number of fused-ring (bicyclic) bond motifs is 1. The smallest absolute Gasteiger partial charge is 0.164 e. The fraction of sp³-hybridized carbons (Fsp3) is 0.222. The van der Waals surface area contributed by atoms with Crippen molar-refractivity contribution in [1.29, 1.82) is 0 Å². The molecule has 2 heterocycles. The number of ether oxygens (including phenoxy) is 1. The summed E-state index contributed by atoms with van der Waals surface area (Å²) < 4.78 is 18.6. The predicted molar refractivity (Wildman–Crippen MR) is 89.6 cm³/mol. The molecule has 1 aromatic heterocycles. The van der Waals surface area contributed by atoms with Crippen LogP contribution in [0.1, 0.15) is 0 Å². The third-order valence-corrected chi connectivity index (χ3v) is 4.14. The summed E-state index contributed by atoms with van der Waals surface area (Å²) in [5.74, 6) is -0.167. The quantitative estimate of drug-likeness (QED) is 0.785. The van der Waals surface area contributed by atoms with Crippen LogP contribution < -0.4 is 4.90 Å². The number of phenols is 1. The highest BCUT2D eigenvalue weighted by atomic mass is 19.1. The Bertz CT molecular complexity index is 895. The van der Waals surface area contributed by atoms with Crippen LogP contribution in [0.2, 0.25) is 0 Å². The lowest BCUT2D eigenvalue weighted by molar-refractivity contribution is 0.122. The van der Waals surface area contributed by atoms with Gasteiger partial charge in [0.1, 0.15) is 5.82 Å². The highest BCUT2D eigenvalue weighted by molar-refractivity contribution is 5.82. The summed E-state index contributed by atoms with van der Waals surface area (Å²) in [7, 11) is 0.